The second kappa shape index (κ2) is 6.65. The molecule has 3 rings (SSSR count). The molecule has 22 heavy (non-hydrogen) atoms. The van der Waals surface area contributed by atoms with E-state index < -0.39 is 0 Å². The summed E-state index contributed by atoms with van der Waals surface area (Å²) in [5.74, 6) is 1.48. The summed E-state index contributed by atoms with van der Waals surface area (Å²) in [6.45, 7) is 0.961. The van der Waals surface area contributed by atoms with E-state index in [0.29, 0.717) is 5.92 Å². The molecule has 0 radical (unpaired) electrons. The Kier molecular flexibility index (Phi) is 4.42. The minimum Gasteiger partial charge on any atom is -0.484 e. The molecule has 0 atom stereocenters. The molecule has 3 nitrogen and oxygen atoms in total. The quantitative estimate of drug-likeness (QED) is 0.815. The minimum absolute atomic E-state index is 0.0408. The third-order valence-electron chi connectivity index (χ3n) is 3.98. The maximum Gasteiger partial charge on any atom is 0.260 e. The fourth-order valence-electron chi connectivity index (χ4n) is 2.42. The van der Waals surface area contributed by atoms with E-state index in [2.05, 4.69) is 12.1 Å². The molecule has 0 aliphatic heterocycles. The number of nitrogens with zero attached hydrogens (tertiary/aromatic N) is 1. The van der Waals surface area contributed by atoms with Crippen LogP contribution in [0, 0.1) is 5.92 Å². The molecule has 0 saturated heterocycles. The van der Waals surface area contributed by atoms with Gasteiger partial charge in [0.2, 0.25) is 0 Å². The minimum atomic E-state index is 0.0408. The van der Waals surface area contributed by atoms with Crippen LogP contribution in [-0.4, -0.2) is 31.0 Å². The van der Waals surface area contributed by atoms with E-state index in [1.165, 1.54) is 18.4 Å². The Morgan fingerprint density at radius 2 is 1.68 bits per heavy atom. The standard InChI is InChI=1S/C19H21NO2/c1-20(13-15-7-8-15)19(21)14-22-18-11-9-17(10-12-18)16-5-3-2-4-6-16/h2-6,9-12,15H,7-8,13-14H2,1H3. The summed E-state index contributed by atoms with van der Waals surface area (Å²) in [6, 6.07) is 18.1. The van der Waals surface area contributed by atoms with E-state index in [9.17, 15) is 4.79 Å². The van der Waals surface area contributed by atoms with Crippen LogP contribution in [0.4, 0.5) is 0 Å². The molecule has 0 heterocycles. The second-order valence-electron chi connectivity index (χ2n) is 5.90. The summed E-state index contributed by atoms with van der Waals surface area (Å²) in [7, 11) is 1.85. The van der Waals surface area contributed by atoms with Gasteiger partial charge in [-0.3, -0.25) is 4.79 Å². The van der Waals surface area contributed by atoms with Crippen LogP contribution in [0.3, 0.4) is 0 Å². The summed E-state index contributed by atoms with van der Waals surface area (Å²) in [5, 5.41) is 0. The van der Waals surface area contributed by atoms with Gasteiger partial charge in [-0.25, -0.2) is 0 Å². The Hall–Kier alpha value is -2.29. The van der Waals surface area contributed by atoms with Gasteiger partial charge in [0, 0.05) is 13.6 Å². The lowest BCUT2D eigenvalue weighted by atomic mass is 10.1. The van der Waals surface area contributed by atoms with Crippen molar-refractivity contribution in [1.29, 1.82) is 0 Å². The Morgan fingerprint density at radius 1 is 1.05 bits per heavy atom. The summed E-state index contributed by atoms with van der Waals surface area (Å²) in [6.07, 6.45) is 2.50. The number of carbonyl (C=O) groups excluding carboxylic acids is 1. The first kappa shape index (κ1) is 14.6. The molecule has 0 spiro atoms. The monoisotopic (exact) mass is 295 g/mol. The Morgan fingerprint density at radius 3 is 2.32 bits per heavy atom. The van der Waals surface area contributed by atoms with Crippen LogP contribution in [0.15, 0.2) is 54.6 Å². The SMILES string of the molecule is CN(CC1CC1)C(=O)COc1ccc(-c2ccccc2)cc1. The largest absolute Gasteiger partial charge is 0.484 e. The molecule has 1 aliphatic carbocycles. The van der Waals surface area contributed by atoms with Crippen molar-refractivity contribution < 1.29 is 9.53 Å². The van der Waals surface area contributed by atoms with E-state index in [-0.39, 0.29) is 12.5 Å². The first-order valence-electron chi connectivity index (χ1n) is 7.74. The lowest BCUT2D eigenvalue weighted by Crippen LogP contribution is -2.32. The lowest BCUT2D eigenvalue weighted by molar-refractivity contribution is -0.132. The van der Waals surface area contributed by atoms with Crippen LogP contribution in [0.5, 0.6) is 5.75 Å². The third-order valence-corrected chi connectivity index (χ3v) is 3.98. The molecule has 2 aromatic carbocycles. The Balaban J connectivity index is 1.53. The lowest BCUT2D eigenvalue weighted by Gasteiger charge is -2.17. The van der Waals surface area contributed by atoms with Crippen molar-refractivity contribution >= 4 is 5.91 Å². The van der Waals surface area contributed by atoms with Crippen LogP contribution in [-0.2, 0) is 4.79 Å². The number of hydrogen-bond acceptors (Lipinski definition) is 2. The smallest absolute Gasteiger partial charge is 0.260 e. The topological polar surface area (TPSA) is 29.5 Å². The number of amides is 1. The zero-order chi connectivity index (χ0) is 15.4. The maximum absolute atomic E-state index is 12.0. The summed E-state index contributed by atoms with van der Waals surface area (Å²) in [5.41, 5.74) is 2.32. The van der Waals surface area contributed by atoms with Crippen LogP contribution < -0.4 is 4.74 Å². The van der Waals surface area contributed by atoms with Crippen molar-refractivity contribution in [3.05, 3.63) is 54.6 Å². The van der Waals surface area contributed by atoms with E-state index in [0.717, 1.165) is 17.9 Å². The van der Waals surface area contributed by atoms with Crippen molar-refractivity contribution in [1.82, 2.24) is 4.90 Å². The predicted molar refractivity (Wildman–Crippen MR) is 87.7 cm³/mol. The molecule has 0 bridgehead atoms. The molecule has 1 amide bonds. The van der Waals surface area contributed by atoms with Gasteiger partial charge in [-0.2, -0.15) is 0 Å². The van der Waals surface area contributed by atoms with Crippen molar-refractivity contribution in [2.45, 2.75) is 12.8 Å². The predicted octanol–water partition coefficient (Wildman–Crippen LogP) is 3.60. The molecular weight excluding hydrogens is 274 g/mol. The summed E-state index contributed by atoms with van der Waals surface area (Å²) < 4.78 is 5.59. The molecule has 0 aromatic heterocycles. The van der Waals surface area contributed by atoms with Crippen LogP contribution in [0.1, 0.15) is 12.8 Å². The fourth-order valence-corrected chi connectivity index (χ4v) is 2.42. The van der Waals surface area contributed by atoms with E-state index in [1.807, 2.05) is 49.5 Å². The van der Waals surface area contributed by atoms with Gasteiger partial charge < -0.3 is 9.64 Å². The van der Waals surface area contributed by atoms with Gasteiger partial charge in [0.1, 0.15) is 5.75 Å². The number of hydrogen-bond donors (Lipinski definition) is 0. The molecule has 1 aliphatic rings. The molecule has 2 aromatic rings. The van der Waals surface area contributed by atoms with Gasteiger partial charge in [-0.05, 0) is 42.0 Å². The average molecular weight is 295 g/mol. The van der Waals surface area contributed by atoms with Crippen molar-refractivity contribution in [3.63, 3.8) is 0 Å². The van der Waals surface area contributed by atoms with Gasteiger partial charge in [-0.15, -0.1) is 0 Å². The summed E-state index contributed by atoms with van der Waals surface area (Å²) in [4.78, 5) is 13.7. The Labute approximate surface area is 131 Å². The second-order valence-corrected chi connectivity index (χ2v) is 5.90. The number of likely N-dealkylation sites (N-methyl/N-ethyl adjacent to an activating group) is 1. The van der Waals surface area contributed by atoms with E-state index >= 15 is 0 Å². The highest BCUT2D eigenvalue weighted by Crippen LogP contribution is 2.29. The maximum atomic E-state index is 12.0. The van der Waals surface area contributed by atoms with Gasteiger partial charge in [0.15, 0.2) is 6.61 Å². The first-order valence-corrected chi connectivity index (χ1v) is 7.74. The number of ether oxygens (including phenoxy) is 1. The average Bonchev–Trinajstić information content (AvgIpc) is 3.38. The van der Waals surface area contributed by atoms with Crippen LogP contribution in [0.25, 0.3) is 11.1 Å². The third kappa shape index (κ3) is 3.88. The highest BCUT2D eigenvalue weighted by atomic mass is 16.5. The summed E-state index contributed by atoms with van der Waals surface area (Å²) >= 11 is 0. The number of benzene rings is 2. The zero-order valence-corrected chi connectivity index (χ0v) is 12.9. The van der Waals surface area contributed by atoms with Crippen LogP contribution in [0.2, 0.25) is 0 Å². The van der Waals surface area contributed by atoms with Gasteiger partial charge >= 0.3 is 0 Å². The molecule has 1 saturated carbocycles. The van der Waals surface area contributed by atoms with E-state index in [1.54, 1.807) is 4.90 Å². The normalized spacial score (nSPS) is 13.7. The molecule has 0 unspecified atom stereocenters. The number of carbonyl (C=O) groups is 1. The van der Waals surface area contributed by atoms with Gasteiger partial charge in [-0.1, -0.05) is 42.5 Å². The molecular formula is C19H21NO2. The van der Waals surface area contributed by atoms with Crippen molar-refractivity contribution in [2.75, 3.05) is 20.2 Å². The fraction of sp³-hybridized carbons (Fsp3) is 0.316. The number of rotatable bonds is 6. The highest BCUT2D eigenvalue weighted by Gasteiger charge is 2.24. The molecule has 3 heteroatoms. The van der Waals surface area contributed by atoms with Crippen molar-refractivity contribution in [3.8, 4) is 16.9 Å². The Bertz CT molecular complexity index is 618. The van der Waals surface area contributed by atoms with E-state index in [4.69, 9.17) is 4.74 Å². The molecule has 114 valence electrons. The first-order chi connectivity index (χ1) is 10.7. The van der Waals surface area contributed by atoms with Crippen LogP contribution >= 0.6 is 0 Å². The molecule has 0 N–H and O–H groups in total. The zero-order valence-electron chi connectivity index (χ0n) is 12.9. The van der Waals surface area contributed by atoms with Gasteiger partial charge in [0.25, 0.3) is 5.91 Å². The molecule has 1 fully saturated rings. The van der Waals surface area contributed by atoms with Gasteiger partial charge in [0.05, 0.1) is 0 Å². The van der Waals surface area contributed by atoms with Crippen molar-refractivity contribution in [2.24, 2.45) is 5.92 Å². The highest BCUT2D eigenvalue weighted by molar-refractivity contribution is 5.77.